The maximum absolute atomic E-state index is 12.0. The summed E-state index contributed by atoms with van der Waals surface area (Å²) in [6, 6.07) is 5.57. The van der Waals surface area contributed by atoms with Crippen molar-refractivity contribution in [2.24, 2.45) is 5.92 Å². The van der Waals surface area contributed by atoms with E-state index in [2.05, 4.69) is 5.32 Å². The van der Waals surface area contributed by atoms with Gasteiger partial charge in [-0.05, 0) is 50.3 Å². The van der Waals surface area contributed by atoms with Crippen molar-refractivity contribution >= 4 is 17.3 Å². The first-order valence-corrected chi connectivity index (χ1v) is 6.86. The molecule has 0 heterocycles. The number of carbonyl (C=O) groups excluding carboxylic acids is 1. The molecule has 0 radical (unpaired) electrons. The summed E-state index contributed by atoms with van der Waals surface area (Å²) >= 11 is 0. The van der Waals surface area contributed by atoms with Gasteiger partial charge in [-0.2, -0.15) is 0 Å². The second-order valence-corrected chi connectivity index (χ2v) is 5.19. The van der Waals surface area contributed by atoms with Crippen LogP contribution in [0.1, 0.15) is 31.7 Å². The Balaban J connectivity index is 1.81. The van der Waals surface area contributed by atoms with Gasteiger partial charge in [0.25, 0.3) is 0 Å². The van der Waals surface area contributed by atoms with Gasteiger partial charge in [-0.3, -0.25) is 4.79 Å². The van der Waals surface area contributed by atoms with Crippen molar-refractivity contribution in [1.29, 1.82) is 0 Å². The van der Waals surface area contributed by atoms with Crippen molar-refractivity contribution in [2.75, 3.05) is 17.7 Å². The largest absolute Gasteiger partial charge is 0.398 e. The van der Waals surface area contributed by atoms with E-state index < -0.39 is 0 Å². The summed E-state index contributed by atoms with van der Waals surface area (Å²) in [4.78, 5) is 12.0. The Morgan fingerprint density at radius 1 is 1.47 bits per heavy atom. The Bertz CT molecular complexity index is 453. The number of nitrogens with two attached hydrogens (primary N) is 1. The maximum atomic E-state index is 12.0. The molecule has 104 valence electrons. The summed E-state index contributed by atoms with van der Waals surface area (Å²) in [7, 11) is 0. The summed E-state index contributed by atoms with van der Waals surface area (Å²) in [5, 5.41) is 2.94. The van der Waals surface area contributed by atoms with Gasteiger partial charge < -0.3 is 15.8 Å². The minimum atomic E-state index is 0.0636. The Morgan fingerprint density at radius 2 is 2.21 bits per heavy atom. The Labute approximate surface area is 114 Å². The number of nitrogens with one attached hydrogen (secondary N) is 1. The van der Waals surface area contributed by atoms with E-state index in [9.17, 15) is 4.79 Å². The molecule has 1 saturated carbocycles. The molecule has 1 aromatic rings. The number of rotatable bonds is 5. The highest BCUT2D eigenvalue weighted by molar-refractivity contribution is 5.92. The number of benzene rings is 1. The second-order valence-electron chi connectivity index (χ2n) is 5.19. The Morgan fingerprint density at radius 3 is 2.89 bits per heavy atom. The average Bonchev–Trinajstić information content (AvgIpc) is 2.32. The predicted molar refractivity (Wildman–Crippen MR) is 77.0 cm³/mol. The zero-order chi connectivity index (χ0) is 13.8. The minimum absolute atomic E-state index is 0.0636. The maximum Gasteiger partial charge on any atom is 0.224 e. The molecule has 0 aliphatic heterocycles. The lowest BCUT2D eigenvalue weighted by atomic mass is 9.80. The highest BCUT2D eigenvalue weighted by Gasteiger charge is 2.31. The van der Waals surface area contributed by atoms with Gasteiger partial charge in [0.1, 0.15) is 0 Å². The summed E-state index contributed by atoms with van der Waals surface area (Å²) in [5.74, 6) is 0.520. The molecular weight excluding hydrogens is 240 g/mol. The molecule has 1 fully saturated rings. The van der Waals surface area contributed by atoms with E-state index in [4.69, 9.17) is 10.5 Å². The zero-order valence-corrected chi connectivity index (χ0v) is 11.6. The van der Waals surface area contributed by atoms with E-state index in [-0.39, 0.29) is 5.91 Å². The van der Waals surface area contributed by atoms with E-state index in [1.807, 2.05) is 32.0 Å². The molecule has 1 amide bonds. The molecule has 0 saturated heterocycles. The highest BCUT2D eigenvalue weighted by Crippen LogP contribution is 2.33. The molecule has 1 aromatic carbocycles. The lowest BCUT2D eigenvalue weighted by Gasteiger charge is -2.34. The van der Waals surface area contributed by atoms with Crippen molar-refractivity contribution in [1.82, 2.24) is 0 Å². The fourth-order valence-corrected chi connectivity index (χ4v) is 2.47. The third-order valence-electron chi connectivity index (χ3n) is 3.72. The summed E-state index contributed by atoms with van der Waals surface area (Å²) in [6.07, 6.45) is 2.92. The number of amides is 1. The van der Waals surface area contributed by atoms with Crippen LogP contribution >= 0.6 is 0 Å². The molecule has 4 heteroatoms. The van der Waals surface area contributed by atoms with E-state index in [1.165, 1.54) is 0 Å². The molecule has 0 aromatic heterocycles. The predicted octanol–water partition coefficient (Wildman–Crippen LogP) is 2.72. The van der Waals surface area contributed by atoms with Crippen LogP contribution in [0, 0.1) is 12.8 Å². The molecule has 2 rings (SSSR count). The lowest BCUT2D eigenvalue weighted by Crippen LogP contribution is -2.33. The van der Waals surface area contributed by atoms with Gasteiger partial charge in [-0.15, -0.1) is 0 Å². The number of carbonyl (C=O) groups is 1. The zero-order valence-electron chi connectivity index (χ0n) is 11.6. The van der Waals surface area contributed by atoms with Gasteiger partial charge >= 0.3 is 0 Å². The fourth-order valence-electron chi connectivity index (χ4n) is 2.47. The third-order valence-corrected chi connectivity index (χ3v) is 3.72. The molecule has 0 spiro atoms. The van der Waals surface area contributed by atoms with Crippen molar-refractivity contribution in [3.05, 3.63) is 23.8 Å². The number of ether oxygens (including phenoxy) is 1. The van der Waals surface area contributed by atoms with Crippen LogP contribution in [0.4, 0.5) is 11.4 Å². The quantitative estimate of drug-likeness (QED) is 0.802. The van der Waals surface area contributed by atoms with Gasteiger partial charge in [0, 0.05) is 24.4 Å². The summed E-state index contributed by atoms with van der Waals surface area (Å²) in [5.41, 5.74) is 8.26. The number of anilines is 2. The number of hydrogen-bond donors (Lipinski definition) is 2. The highest BCUT2D eigenvalue weighted by atomic mass is 16.5. The van der Waals surface area contributed by atoms with Crippen molar-refractivity contribution < 1.29 is 9.53 Å². The molecule has 1 aliphatic carbocycles. The SMILES string of the molecule is CCOC1CC(CC(=O)Nc2cccc(N)c2C)C1. The number of hydrogen-bond acceptors (Lipinski definition) is 3. The minimum Gasteiger partial charge on any atom is -0.398 e. The first kappa shape index (κ1) is 13.9. The van der Waals surface area contributed by atoms with E-state index in [0.717, 1.165) is 30.7 Å². The topological polar surface area (TPSA) is 64.3 Å². The van der Waals surface area contributed by atoms with Crippen molar-refractivity contribution in [3.8, 4) is 0 Å². The lowest BCUT2D eigenvalue weighted by molar-refractivity contribution is -0.119. The van der Waals surface area contributed by atoms with E-state index in [1.54, 1.807) is 0 Å². The monoisotopic (exact) mass is 262 g/mol. The standard InChI is InChI=1S/C15H22N2O2/c1-3-19-12-7-11(8-12)9-15(18)17-14-6-4-5-13(16)10(14)2/h4-6,11-12H,3,7-9,16H2,1-2H3,(H,17,18). The molecular formula is C15H22N2O2. The van der Waals surface area contributed by atoms with Gasteiger partial charge in [0.05, 0.1) is 6.10 Å². The third kappa shape index (κ3) is 3.47. The molecule has 0 unspecified atom stereocenters. The van der Waals surface area contributed by atoms with Crippen LogP contribution < -0.4 is 11.1 Å². The van der Waals surface area contributed by atoms with Crippen LogP contribution in [-0.2, 0) is 9.53 Å². The van der Waals surface area contributed by atoms with E-state index in [0.29, 0.717) is 24.1 Å². The molecule has 4 nitrogen and oxygen atoms in total. The normalized spacial score (nSPS) is 21.8. The molecule has 0 atom stereocenters. The smallest absolute Gasteiger partial charge is 0.224 e. The van der Waals surface area contributed by atoms with Crippen LogP contribution in [0.25, 0.3) is 0 Å². The van der Waals surface area contributed by atoms with Crippen molar-refractivity contribution in [3.63, 3.8) is 0 Å². The average molecular weight is 262 g/mol. The second kappa shape index (κ2) is 6.06. The molecule has 19 heavy (non-hydrogen) atoms. The Hall–Kier alpha value is -1.55. The van der Waals surface area contributed by atoms with E-state index >= 15 is 0 Å². The van der Waals surface area contributed by atoms with Gasteiger partial charge in [0.15, 0.2) is 0 Å². The van der Waals surface area contributed by atoms with Crippen LogP contribution in [0.3, 0.4) is 0 Å². The van der Waals surface area contributed by atoms with Crippen LogP contribution in [-0.4, -0.2) is 18.6 Å². The first-order chi connectivity index (χ1) is 9.10. The number of nitrogen functional groups attached to an aromatic ring is 1. The molecule has 3 N–H and O–H groups in total. The van der Waals surface area contributed by atoms with Crippen molar-refractivity contribution in [2.45, 2.75) is 39.2 Å². The van der Waals surface area contributed by atoms with Gasteiger partial charge in [0.2, 0.25) is 5.91 Å². The first-order valence-electron chi connectivity index (χ1n) is 6.86. The summed E-state index contributed by atoms with van der Waals surface area (Å²) < 4.78 is 5.49. The van der Waals surface area contributed by atoms with Gasteiger partial charge in [-0.25, -0.2) is 0 Å². The molecule has 1 aliphatic rings. The van der Waals surface area contributed by atoms with Crippen LogP contribution in [0.2, 0.25) is 0 Å². The van der Waals surface area contributed by atoms with Crippen LogP contribution in [0.5, 0.6) is 0 Å². The van der Waals surface area contributed by atoms with Gasteiger partial charge in [-0.1, -0.05) is 6.07 Å². The Kier molecular flexibility index (Phi) is 4.43. The fraction of sp³-hybridized carbons (Fsp3) is 0.533. The summed E-state index contributed by atoms with van der Waals surface area (Å²) in [6.45, 7) is 4.67. The molecule has 0 bridgehead atoms. The van der Waals surface area contributed by atoms with Crippen LogP contribution in [0.15, 0.2) is 18.2 Å².